The molecule has 5 nitrogen and oxygen atoms in total. The summed E-state index contributed by atoms with van der Waals surface area (Å²) < 4.78 is 6.30. The Morgan fingerprint density at radius 2 is 1.85 bits per heavy atom. The molecule has 0 amide bonds. The molecule has 0 bridgehead atoms. The third-order valence-electron chi connectivity index (χ3n) is 4.33. The third kappa shape index (κ3) is 3.38. The summed E-state index contributed by atoms with van der Waals surface area (Å²) in [5.74, 6) is -0.192. The first-order valence-electron chi connectivity index (χ1n) is 8.18. The number of Topliss-reactive ketones (excluding diaryl/α,β-unsaturated/α-hetero) is 1. The number of hydrogen-bond donors (Lipinski definition) is 3. The van der Waals surface area contributed by atoms with Crippen LogP contribution in [0.1, 0.15) is 47.9 Å². The van der Waals surface area contributed by atoms with Crippen molar-refractivity contribution < 1.29 is 24.9 Å². The van der Waals surface area contributed by atoms with E-state index in [-0.39, 0.29) is 44.3 Å². The molecule has 0 spiro atoms. The summed E-state index contributed by atoms with van der Waals surface area (Å²) in [7, 11) is 0. The van der Waals surface area contributed by atoms with Crippen molar-refractivity contribution in [3.63, 3.8) is 0 Å². The Labute approximate surface area is 165 Å². The average molecular weight is 466 g/mol. The predicted molar refractivity (Wildman–Crippen MR) is 106 cm³/mol. The summed E-state index contributed by atoms with van der Waals surface area (Å²) >= 11 is 1.83. The Morgan fingerprint density at radius 3 is 2.46 bits per heavy atom. The van der Waals surface area contributed by atoms with Crippen LogP contribution in [0.25, 0.3) is 0 Å². The van der Waals surface area contributed by atoms with E-state index in [1.54, 1.807) is 12.1 Å². The topological polar surface area (TPSA) is 87.0 Å². The van der Waals surface area contributed by atoms with Gasteiger partial charge in [0.25, 0.3) is 0 Å². The number of fused-ring (bicyclic) bond motifs is 1. The number of rotatable bonds is 3. The fourth-order valence-electron chi connectivity index (χ4n) is 2.93. The third-order valence-corrected chi connectivity index (χ3v) is 5.35. The number of phenols is 3. The minimum Gasteiger partial charge on any atom is -0.508 e. The van der Waals surface area contributed by atoms with Crippen molar-refractivity contribution in [2.24, 2.45) is 0 Å². The Morgan fingerprint density at radius 1 is 1.19 bits per heavy atom. The summed E-state index contributed by atoms with van der Waals surface area (Å²) in [5, 5.41) is 30.3. The lowest BCUT2D eigenvalue weighted by Gasteiger charge is -2.29. The zero-order valence-electron chi connectivity index (χ0n) is 14.4. The van der Waals surface area contributed by atoms with Gasteiger partial charge in [-0.15, -0.1) is 0 Å². The first kappa shape index (κ1) is 18.6. The van der Waals surface area contributed by atoms with E-state index in [0.717, 1.165) is 11.1 Å². The highest BCUT2D eigenvalue weighted by Crippen LogP contribution is 2.48. The van der Waals surface area contributed by atoms with Crippen LogP contribution < -0.4 is 4.74 Å². The fraction of sp³-hybridized carbons (Fsp3) is 0.250. The normalized spacial score (nSPS) is 16.0. The molecule has 0 aliphatic carbocycles. The van der Waals surface area contributed by atoms with Gasteiger partial charge in [-0.3, -0.25) is 4.79 Å². The maximum Gasteiger partial charge on any atom is 0.174 e. The largest absolute Gasteiger partial charge is 0.508 e. The van der Waals surface area contributed by atoms with Crippen LogP contribution in [-0.4, -0.2) is 21.1 Å². The van der Waals surface area contributed by atoms with E-state index in [1.165, 1.54) is 12.1 Å². The Balaban J connectivity index is 2.12. The second-order valence-corrected chi connectivity index (χ2v) is 7.58. The molecule has 136 valence electrons. The fourth-order valence-corrected chi connectivity index (χ4v) is 3.53. The molecule has 1 aliphatic heterocycles. The number of carbonyl (C=O) groups excluding carboxylic acids is 1. The van der Waals surface area contributed by atoms with E-state index in [9.17, 15) is 20.1 Å². The maximum atomic E-state index is 12.7. The monoisotopic (exact) mass is 466 g/mol. The molecule has 0 fully saturated rings. The van der Waals surface area contributed by atoms with Gasteiger partial charge in [0.2, 0.25) is 0 Å². The number of halogens is 1. The minimum absolute atomic E-state index is 0.0708. The molecule has 2 aromatic rings. The van der Waals surface area contributed by atoms with E-state index in [4.69, 9.17) is 4.74 Å². The first-order chi connectivity index (χ1) is 12.3. The molecule has 0 radical (unpaired) electrons. The quantitative estimate of drug-likeness (QED) is 0.454. The highest BCUT2D eigenvalue weighted by molar-refractivity contribution is 14.1. The van der Waals surface area contributed by atoms with E-state index in [0.29, 0.717) is 12.0 Å². The molecule has 3 rings (SSSR count). The first-order valence-corrected chi connectivity index (χ1v) is 9.25. The van der Waals surface area contributed by atoms with Crippen molar-refractivity contribution in [3.05, 3.63) is 56.2 Å². The van der Waals surface area contributed by atoms with Crippen LogP contribution in [0.5, 0.6) is 23.0 Å². The molecule has 1 heterocycles. The van der Waals surface area contributed by atoms with Crippen molar-refractivity contribution in [2.75, 3.05) is 0 Å². The van der Waals surface area contributed by atoms with Gasteiger partial charge in [-0.05, 0) is 60.6 Å². The molecule has 6 heteroatoms. The second kappa shape index (κ2) is 7.19. The van der Waals surface area contributed by atoms with Crippen LogP contribution in [0.15, 0.2) is 35.9 Å². The molecule has 0 saturated heterocycles. The lowest BCUT2D eigenvalue weighted by atomic mass is 9.92. The van der Waals surface area contributed by atoms with Gasteiger partial charge in [0.1, 0.15) is 34.7 Å². The Hall–Kier alpha value is -2.22. The van der Waals surface area contributed by atoms with Crippen LogP contribution in [0.3, 0.4) is 0 Å². The SMILES string of the molecule is CC(C)=CCc1c(O)c(I)c(O)c2c1OC(c1ccc(O)cc1)CC2=O. The van der Waals surface area contributed by atoms with E-state index in [2.05, 4.69) is 0 Å². The van der Waals surface area contributed by atoms with Gasteiger partial charge in [0.15, 0.2) is 5.78 Å². The zero-order valence-corrected chi connectivity index (χ0v) is 16.6. The molecule has 26 heavy (non-hydrogen) atoms. The summed E-state index contributed by atoms with van der Waals surface area (Å²) in [4.78, 5) is 12.7. The molecule has 1 unspecified atom stereocenters. The smallest absolute Gasteiger partial charge is 0.174 e. The summed E-state index contributed by atoms with van der Waals surface area (Å²) in [6, 6.07) is 6.46. The van der Waals surface area contributed by atoms with E-state index in [1.807, 2.05) is 42.5 Å². The zero-order chi connectivity index (χ0) is 19.0. The molecule has 0 aromatic heterocycles. The summed E-state index contributed by atoms with van der Waals surface area (Å²) in [6.07, 6.45) is 1.86. The van der Waals surface area contributed by atoms with Crippen LogP contribution in [-0.2, 0) is 6.42 Å². The van der Waals surface area contributed by atoms with Crippen molar-refractivity contribution in [1.29, 1.82) is 0 Å². The van der Waals surface area contributed by atoms with Crippen LogP contribution in [0.4, 0.5) is 0 Å². The Bertz CT molecular complexity index is 896. The number of allylic oxidation sites excluding steroid dienone is 2. The van der Waals surface area contributed by atoms with Gasteiger partial charge >= 0.3 is 0 Å². The van der Waals surface area contributed by atoms with Crippen molar-refractivity contribution in [2.45, 2.75) is 32.8 Å². The molecule has 1 atom stereocenters. The standard InChI is InChI=1S/C20H19IO5/c1-10(2)3-8-13-18(24)17(21)19(25)16-14(23)9-15(26-20(13)16)11-4-6-12(22)7-5-11/h3-7,15,22,24-25H,8-9H2,1-2H3. The number of aromatic hydroxyl groups is 3. The number of hydrogen-bond acceptors (Lipinski definition) is 5. The number of benzene rings is 2. The lowest BCUT2D eigenvalue weighted by Crippen LogP contribution is -2.22. The van der Waals surface area contributed by atoms with Gasteiger partial charge in [-0.2, -0.15) is 0 Å². The summed E-state index contributed by atoms with van der Waals surface area (Å²) in [5.41, 5.74) is 2.42. The number of ketones is 1. The van der Waals surface area contributed by atoms with Crippen LogP contribution in [0.2, 0.25) is 0 Å². The predicted octanol–water partition coefficient (Wildman–Crippen LogP) is 4.62. The average Bonchev–Trinajstić information content (AvgIpc) is 2.59. The van der Waals surface area contributed by atoms with Gasteiger partial charge in [-0.25, -0.2) is 0 Å². The molecule has 2 aromatic carbocycles. The van der Waals surface area contributed by atoms with Gasteiger partial charge < -0.3 is 20.1 Å². The highest BCUT2D eigenvalue weighted by atomic mass is 127. The minimum atomic E-state index is -0.542. The molecule has 3 N–H and O–H groups in total. The van der Waals surface area contributed by atoms with E-state index >= 15 is 0 Å². The van der Waals surface area contributed by atoms with Crippen molar-refractivity contribution in [3.8, 4) is 23.0 Å². The van der Waals surface area contributed by atoms with Crippen molar-refractivity contribution >= 4 is 28.4 Å². The summed E-state index contributed by atoms with van der Waals surface area (Å²) in [6.45, 7) is 3.89. The maximum absolute atomic E-state index is 12.7. The molecule has 1 aliphatic rings. The second-order valence-electron chi connectivity index (χ2n) is 6.50. The molecular weight excluding hydrogens is 447 g/mol. The lowest BCUT2D eigenvalue weighted by molar-refractivity contribution is 0.0842. The van der Waals surface area contributed by atoms with Gasteiger partial charge in [-0.1, -0.05) is 23.8 Å². The number of carbonyl (C=O) groups is 1. The van der Waals surface area contributed by atoms with Crippen LogP contribution in [0, 0.1) is 3.57 Å². The van der Waals surface area contributed by atoms with Crippen LogP contribution >= 0.6 is 22.6 Å². The highest BCUT2D eigenvalue weighted by Gasteiger charge is 2.35. The van der Waals surface area contributed by atoms with Gasteiger partial charge in [0, 0.05) is 5.56 Å². The number of phenolic OH excluding ortho intramolecular Hbond substituents is 3. The van der Waals surface area contributed by atoms with Gasteiger partial charge in [0.05, 0.1) is 9.99 Å². The Kier molecular flexibility index (Phi) is 5.13. The van der Waals surface area contributed by atoms with Crippen molar-refractivity contribution in [1.82, 2.24) is 0 Å². The van der Waals surface area contributed by atoms with E-state index < -0.39 is 6.10 Å². The molecular formula is C20H19IO5. The molecule has 0 saturated carbocycles. The number of ether oxygens (including phenoxy) is 1.